The van der Waals surface area contributed by atoms with Crippen LogP contribution in [0.5, 0.6) is 0 Å². The van der Waals surface area contributed by atoms with E-state index < -0.39 is 0 Å². The molecule has 138 valence electrons. The number of amides is 1. The minimum absolute atomic E-state index is 0.0541. The largest absolute Gasteiger partial charge is 0.369 e. The van der Waals surface area contributed by atoms with Gasteiger partial charge in [0.05, 0.1) is 17.3 Å². The Balaban J connectivity index is 1.53. The Morgan fingerprint density at radius 1 is 1.12 bits per heavy atom. The van der Waals surface area contributed by atoms with E-state index in [1.807, 2.05) is 24.3 Å². The minimum Gasteiger partial charge on any atom is -0.369 e. The molecular weight excluding hydrogens is 437 g/mol. The lowest BCUT2D eigenvalue weighted by Gasteiger charge is -2.36. The number of rotatable bonds is 4. The van der Waals surface area contributed by atoms with Gasteiger partial charge in [-0.25, -0.2) is 0 Å². The first-order valence-corrected chi connectivity index (χ1v) is 9.95. The summed E-state index contributed by atoms with van der Waals surface area (Å²) in [5.74, 6) is -0.0541. The van der Waals surface area contributed by atoms with E-state index in [4.69, 9.17) is 23.2 Å². The normalized spacial score (nSPS) is 15.2. The average Bonchev–Trinajstić information content (AvgIpc) is 2.60. The first-order valence-electron chi connectivity index (χ1n) is 8.41. The first-order chi connectivity index (χ1) is 12.4. The third-order valence-corrected chi connectivity index (χ3v) is 5.50. The van der Waals surface area contributed by atoms with E-state index in [-0.39, 0.29) is 5.91 Å². The number of anilines is 2. The van der Waals surface area contributed by atoms with Gasteiger partial charge in [0, 0.05) is 41.4 Å². The highest BCUT2D eigenvalue weighted by molar-refractivity contribution is 9.10. The van der Waals surface area contributed by atoms with Gasteiger partial charge in [-0.15, -0.1) is 0 Å². The molecule has 0 spiro atoms. The first kappa shape index (κ1) is 19.5. The van der Waals surface area contributed by atoms with Crippen molar-refractivity contribution >= 4 is 56.4 Å². The molecule has 3 rings (SSSR count). The fourth-order valence-electron chi connectivity index (χ4n) is 3.05. The highest BCUT2D eigenvalue weighted by atomic mass is 79.9. The minimum atomic E-state index is -0.0541. The summed E-state index contributed by atoms with van der Waals surface area (Å²) in [4.78, 5) is 16.8. The standard InChI is InChI=1S/C19H20BrCl2N3O/c1-13-2-4-15(21)11-18(13)25-8-6-24(7-9-25)12-19(26)23-17-5-3-14(20)10-16(17)22/h2-5,10-11H,6-9,12H2,1H3,(H,23,26). The lowest BCUT2D eigenvalue weighted by atomic mass is 10.1. The van der Waals surface area contributed by atoms with E-state index in [0.717, 1.165) is 35.7 Å². The number of halogens is 3. The zero-order valence-corrected chi connectivity index (χ0v) is 17.5. The molecule has 1 amide bonds. The number of nitrogens with one attached hydrogen (secondary N) is 1. The van der Waals surface area contributed by atoms with Crippen LogP contribution in [-0.2, 0) is 4.79 Å². The van der Waals surface area contributed by atoms with Gasteiger partial charge in [0.2, 0.25) is 5.91 Å². The summed E-state index contributed by atoms with van der Waals surface area (Å²) in [6.45, 7) is 5.84. The summed E-state index contributed by atoms with van der Waals surface area (Å²) in [7, 11) is 0. The number of hydrogen-bond acceptors (Lipinski definition) is 3. The molecule has 0 radical (unpaired) electrons. The van der Waals surface area contributed by atoms with Gasteiger partial charge < -0.3 is 10.2 Å². The van der Waals surface area contributed by atoms with Crippen LogP contribution in [0.2, 0.25) is 10.0 Å². The molecule has 7 heteroatoms. The molecule has 1 heterocycles. The maximum absolute atomic E-state index is 12.3. The Hall–Kier alpha value is -1.27. The molecule has 1 saturated heterocycles. The third-order valence-electron chi connectivity index (χ3n) is 4.46. The average molecular weight is 457 g/mol. The summed E-state index contributed by atoms with van der Waals surface area (Å²) in [6, 6.07) is 11.4. The molecule has 1 aliphatic rings. The summed E-state index contributed by atoms with van der Waals surface area (Å²) in [5, 5.41) is 4.15. The van der Waals surface area contributed by atoms with Gasteiger partial charge in [0.1, 0.15) is 0 Å². The fraction of sp³-hybridized carbons (Fsp3) is 0.316. The molecular formula is C19H20BrCl2N3O. The number of nitrogens with zero attached hydrogens (tertiary/aromatic N) is 2. The molecule has 2 aromatic carbocycles. The van der Waals surface area contributed by atoms with Gasteiger partial charge >= 0.3 is 0 Å². The van der Waals surface area contributed by atoms with Crippen LogP contribution in [0.25, 0.3) is 0 Å². The van der Waals surface area contributed by atoms with Crippen LogP contribution in [0.1, 0.15) is 5.56 Å². The van der Waals surface area contributed by atoms with Crippen LogP contribution < -0.4 is 10.2 Å². The molecule has 1 N–H and O–H groups in total. The van der Waals surface area contributed by atoms with Gasteiger partial charge in [-0.2, -0.15) is 0 Å². The molecule has 0 aromatic heterocycles. The van der Waals surface area contributed by atoms with Crippen LogP contribution in [-0.4, -0.2) is 43.5 Å². The van der Waals surface area contributed by atoms with Gasteiger partial charge in [0.15, 0.2) is 0 Å². The van der Waals surface area contributed by atoms with Crippen molar-refractivity contribution in [3.8, 4) is 0 Å². The quantitative estimate of drug-likeness (QED) is 0.715. The van der Waals surface area contributed by atoms with E-state index in [1.54, 1.807) is 12.1 Å². The van der Waals surface area contributed by atoms with Gasteiger partial charge in [-0.3, -0.25) is 9.69 Å². The second-order valence-corrected chi connectivity index (χ2v) is 8.13. The number of carbonyl (C=O) groups is 1. The lowest BCUT2D eigenvalue weighted by Crippen LogP contribution is -2.48. The molecule has 26 heavy (non-hydrogen) atoms. The summed E-state index contributed by atoms with van der Waals surface area (Å²) < 4.78 is 0.882. The second-order valence-electron chi connectivity index (χ2n) is 6.37. The van der Waals surface area contributed by atoms with Crippen molar-refractivity contribution in [2.75, 3.05) is 42.9 Å². The summed E-state index contributed by atoms with van der Waals surface area (Å²) in [5.41, 5.74) is 3.02. The maximum atomic E-state index is 12.3. The zero-order valence-electron chi connectivity index (χ0n) is 14.4. The van der Waals surface area contributed by atoms with Gasteiger partial charge in [-0.05, 0) is 42.8 Å². The number of carbonyl (C=O) groups excluding carboxylic acids is 1. The molecule has 0 aliphatic carbocycles. The van der Waals surface area contributed by atoms with Crippen LogP contribution >= 0.6 is 39.1 Å². The van der Waals surface area contributed by atoms with E-state index >= 15 is 0 Å². The Morgan fingerprint density at radius 3 is 2.54 bits per heavy atom. The van der Waals surface area contributed by atoms with Crippen LogP contribution in [0.3, 0.4) is 0 Å². The van der Waals surface area contributed by atoms with Crippen LogP contribution in [0, 0.1) is 6.92 Å². The van der Waals surface area contributed by atoms with E-state index in [9.17, 15) is 4.79 Å². The summed E-state index contributed by atoms with van der Waals surface area (Å²) >= 11 is 15.6. The molecule has 2 aromatic rings. The Morgan fingerprint density at radius 2 is 1.85 bits per heavy atom. The van der Waals surface area contributed by atoms with Crippen molar-refractivity contribution in [2.24, 2.45) is 0 Å². The highest BCUT2D eigenvalue weighted by Crippen LogP contribution is 2.26. The Bertz CT molecular complexity index is 807. The predicted molar refractivity (Wildman–Crippen MR) is 113 cm³/mol. The van der Waals surface area contributed by atoms with Crippen LogP contribution in [0.4, 0.5) is 11.4 Å². The van der Waals surface area contributed by atoms with Crippen molar-refractivity contribution in [1.82, 2.24) is 4.90 Å². The zero-order chi connectivity index (χ0) is 18.7. The summed E-state index contributed by atoms with van der Waals surface area (Å²) in [6.07, 6.45) is 0. The lowest BCUT2D eigenvalue weighted by molar-refractivity contribution is -0.117. The van der Waals surface area contributed by atoms with E-state index in [0.29, 0.717) is 17.3 Å². The third kappa shape index (κ3) is 4.92. The molecule has 4 nitrogen and oxygen atoms in total. The van der Waals surface area contributed by atoms with Crippen molar-refractivity contribution < 1.29 is 4.79 Å². The number of aryl methyl sites for hydroxylation is 1. The SMILES string of the molecule is Cc1ccc(Cl)cc1N1CCN(CC(=O)Nc2ccc(Br)cc2Cl)CC1. The maximum Gasteiger partial charge on any atom is 0.238 e. The van der Waals surface area contributed by atoms with Crippen molar-refractivity contribution in [2.45, 2.75) is 6.92 Å². The van der Waals surface area contributed by atoms with Crippen LogP contribution in [0.15, 0.2) is 40.9 Å². The van der Waals surface area contributed by atoms with E-state index in [1.165, 1.54) is 11.3 Å². The number of hydrogen-bond donors (Lipinski definition) is 1. The molecule has 0 atom stereocenters. The van der Waals surface area contributed by atoms with Gasteiger partial charge in [0.25, 0.3) is 0 Å². The van der Waals surface area contributed by atoms with E-state index in [2.05, 4.69) is 38.0 Å². The monoisotopic (exact) mass is 455 g/mol. The smallest absolute Gasteiger partial charge is 0.238 e. The molecule has 0 unspecified atom stereocenters. The van der Waals surface area contributed by atoms with Crippen molar-refractivity contribution in [1.29, 1.82) is 0 Å². The second kappa shape index (κ2) is 8.61. The molecule has 1 aliphatic heterocycles. The van der Waals surface area contributed by atoms with Crippen molar-refractivity contribution in [3.63, 3.8) is 0 Å². The van der Waals surface area contributed by atoms with Crippen molar-refractivity contribution in [3.05, 3.63) is 56.5 Å². The fourth-order valence-corrected chi connectivity index (χ4v) is 3.94. The molecule has 0 bridgehead atoms. The predicted octanol–water partition coefficient (Wildman–Crippen LogP) is 4.83. The highest BCUT2D eigenvalue weighted by Gasteiger charge is 2.20. The molecule has 0 saturated carbocycles. The Labute approximate surface area is 172 Å². The Kier molecular flexibility index (Phi) is 6.46. The number of benzene rings is 2. The molecule has 1 fully saturated rings. The topological polar surface area (TPSA) is 35.6 Å². The van der Waals surface area contributed by atoms with Gasteiger partial charge in [-0.1, -0.05) is 45.2 Å². The number of piperazine rings is 1.